The molecule has 0 unspecified atom stereocenters. The van der Waals surface area contributed by atoms with E-state index in [-0.39, 0.29) is 17.3 Å². The predicted molar refractivity (Wildman–Crippen MR) is 114 cm³/mol. The molecule has 0 bridgehead atoms. The van der Waals surface area contributed by atoms with Crippen LogP contribution in [0.4, 0.5) is 4.39 Å². The minimum absolute atomic E-state index is 0.0736. The fourth-order valence-corrected chi connectivity index (χ4v) is 4.11. The van der Waals surface area contributed by atoms with Crippen LogP contribution in [0.3, 0.4) is 0 Å². The molecule has 0 aliphatic carbocycles. The molecule has 2 rings (SSSR count). The van der Waals surface area contributed by atoms with Gasteiger partial charge in [-0.05, 0) is 60.7 Å². The molecule has 0 fully saturated rings. The Morgan fingerprint density at radius 1 is 0.968 bits per heavy atom. The lowest BCUT2D eigenvalue weighted by Crippen LogP contribution is -2.42. The molecule has 0 radical (unpaired) electrons. The maximum absolute atomic E-state index is 12.8. The molecule has 2 aromatic carbocycles. The van der Waals surface area contributed by atoms with Crippen LogP contribution >= 0.6 is 11.8 Å². The van der Waals surface area contributed by atoms with Gasteiger partial charge in [0.25, 0.3) is 0 Å². The second kappa shape index (κ2) is 12.0. The van der Waals surface area contributed by atoms with Crippen molar-refractivity contribution in [1.82, 2.24) is 15.4 Å². The summed E-state index contributed by atoms with van der Waals surface area (Å²) in [5, 5.41) is 13.7. The highest BCUT2D eigenvalue weighted by Crippen LogP contribution is 2.18. The summed E-state index contributed by atoms with van der Waals surface area (Å²) in [6.07, 6.45) is 0.687. The molecule has 2 amide bonds. The molecule has 164 valence electrons. The largest absolute Gasteiger partial charge is 0.355 e. The van der Waals surface area contributed by atoms with Crippen molar-refractivity contribution in [3.63, 3.8) is 0 Å². The van der Waals surface area contributed by atoms with E-state index in [9.17, 15) is 22.4 Å². The number of thioether (sulfide) groups is 1. The van der Waals surface area contributed by atoms with E-state index in [1.54, 1.807) is 12.1 Å². The number of hydrogen-bond donors (Lipinski definition) is 3. The van der Waals surface area contributed by atoms with E-state index in [0.717, 1.165) is 10.6 Å². The smallest absolute Gasteiger partial charge is 0.241 e. The van der Waals surface area contributed by atoms with Gasteiger partial charge < -0.3 is 10.6 Å². The molecule has 3 N–H and O–H groups in total. The van der Waals surface area contributed by atoms with Crippen molar-refractivity contribution in [2.45, 2.75) is 16.2 Å². The van der Waals surface area contributed by atoms with Gasteiger partial charge >= 0.3 is 0 Å². The number of nitriles is 1. The zero-order chi connectivity index (χ0) is 22.7. The molecule has 0 atom stereocenters. The first kappa shape index (κ1) is 24.3. The highest BCUT2D eigenvalue weighted by atomic mass is 32.2. The SMILES string of the molecule is N#Cc1ccc(S(=O)(=O)NCC(=O)NCC(=O)NCCCSc2ccc(F)cc2)cc1. The summed E-state index contributed by atoms with van der Waals surface area (Å²) in [4.78, 5) is 24.4. The Bertz CT molecular complexity index is 1040. The van der Waals surface area contributed by atoms with E-state index < -0.39 is 28.4 Å². The molecule has 8 nitrogen and oxygen atoms in total. The molecule has 0 saturated carbocycles. The summed E-state index contributed by atoms with van der Waals surface area (Å²) in [6.45, 7) is -0.388. The van der Waals surface area contributed by atoms with Gasteiger partial charge in [0, 0.05) is 11.4 Å². The number of carbonyl (C=O) groups is 2. The number of carbonyl (C=O) groups excluding carboxylic acids is 2. The second-order valence-electron chi connectivity index (χ2n) is 6.24. The minimum Gasteiger partial charge on any atom is -0.355 e. The van der Waals surface area contributed by atoms with Gasteiger partial charge in [-0.15, -0.1) is 11.8 Å². The number of hydrogen-bond acceptors (Lipinski definition) is 6. The summed E-state index contributed by atoms with van der Waals surface area (Å²) in [5.41, 5.74) is 0.316. The third-order valence-electron chi connectivity index (χ3n) is 3.89. The van der Waals surface area contributed by atoms with E-state index in [2.05, 4.69) is 15.4 Å². The van der Waals surface area contributed by atoms with Crippen LogP contribution in [-0.4, -0.2) is 45.6 Å². The van der Waals surface area contributed by atoms with Crippen molar-refractivity contribution in [3.05, 3.63) is 59.9 Å². The number of sulfonamides is 1. The van der Waals surface area contributed by atoms with Crippen molar-refractivity contribution in [2.24, 2.45) is 0 Å². The number of benzene rings is 2. The number of nitrogens with one attached hydrogen (secondary N) is 3. The molecule has 0 aliphatic rings. The highest BCUT2D eigenvalue weighted by Gasteiger charge is 2.15. The van der Waals surface area contributed by atoms with Gasteiger partial charge in [0.05, 0.1) is 29.6 Å². The van der Waals surface area contributed by atoms with Crippen molar-refractivity contribution >= 4 is 33.6 Å². The Balaban J connectivity index is 1.61. The molecule has 0 aliphatic heterocycles. The standard InChI is InChI=1S/C20H21FN4O4S2/c21-16-4-6-17(7-5-16)30-11-1-10-23-19(26)13-24-20(27)14-25-31(28,29)18-8-2-15(12-22)3-9-18/h2-9,25H,1,10-11,13-14H2,(H,23,26)(H,24,27). The zero-order valence-corrected chi connectivity index (χ0v) is 18.1. The third-order valence-corrected chi connectivity index (χ3v) is 6.40. The van der Waals surface area contributed by atoms with Crippen LogP contribution in [0.5, 0.6) is 0 Å². The Kier molecular flexibility index (Phi) is 9.45. The maximum Gasteiger partial charge on any atom is 0.241 e. The van der Waals surface area contributed by atoms with Crippen molar-refractivity contribution in [3.8, 4) is 6.07 Å². The molecule has 31 heavy (non-hydrogen) atoms. The summed E-state index contributed by atoms with van der Waals surface area (Å²) in [6, 6.07) is 13.3. The number of halogens is 1. The fourth-order valence-electron chi connectivity index (χ4n) is 2.28. The van der Waals surface area contributed by atoms with Gasteiger partial charge in [0.1, 0.15) is 5.82 Å². The first-order valence-electron chi connectivity index (χ1n) is 9.22. The Morgan fingerprint density at radius 2 is 1.61 bits per heavy atom. The molecule has 11 heteroatoms. The van der Waals surface area contributed by atoms with Gasteiger partial charge in [-0.25, -0.2) is 17.5 Å². The Labute approximate surface area is 184 Å². The third kappa shape index (κ3) is 8.75. The number of amides is 2. The van der Waals surface area contributed by atoms with Crippen LogP contribution in [0.1, 0.15) is 12.0 Å². The van der Waals surface area contributed by atoms with Crippen molar-refractivity contribution < 1.29 is 22.4 Å². The van der Waals surface area contributed by atoms with E-state index in [1.165, 1.54) is 48.2 Å². The first-order valence-corrected chi connectivity index (χ1v) is 11.7. The van der Waals surface area contributed by atoms with Crippen LogP contribution in [0.25, 0.3) is 0 Å². The molecule has 0 heterocycles. The average Bonchev–Trinajstić information content (AvgIpc) is 2.77. The predicted octanol–water partition coefficient (Wildman–Crippen LogP) is 1.39. The lowest BCUT2D eigenvalue weighted by molar-refractivity contribution is -0.125. The van der Waals surface area contributed by atoms with Crippen molar-refractivity contribution in [1.29, 1.82) is 5.26 Å². The summed E-state index contributed by atoms with van der Waals surface area (Å²) in [7, 11) is -3.91. The fraction of sp³-hybridized carbons (Fsp3) is 0.250. The van der Waals surface area contributed by atoms with Gasteiger partial charge in [-0.3, -0.25) is 9.59 Å². The van der Waals surface area contributed by atoms with E-state index in [0.29, 0.717) is 18.5 Å². The minimum atomic E-state index is -3.91. The van der Waals surface area contributed by atoms with Crippen LogP contribution in [-0.2, 0) is 19.6 Å². The van der Waals surface area contributed by atoms with E-state index in [1.807, 2.05) is 6.07 Å². The van der Waals surface area contributed by atoms with Crippen LogP contribution < -0.4 is 15.4 Å². The van der Waals surface area contributed by atoms with Crippen LogP contribution in [0, 0.1) is 17.1 Å². The summed E-state index contributed by atoms with van der Waals surface area (Å²) < 4.78 is 39.2. The molecular formula is C20H21FN4O4S2. The molecule has 0 spiro atoms. The summed E-state index contributed by atoms with van der Waals surface area (Å²) >= 11 is 1.54. The highest BCUT2D eigenvalue weighted by molar-refractivity contribution is 7.99. The molecule has 0 aromatic heterocycles. The normalized spacial score (nSPS) is 10.8. The van der Waals surface area contributed by atoms with E-state index >= 15 is 0 Å². The molecule has 2 aromatic rings. The number of rotatable bonds is 11. The zero-order valence-electron chi connectivity index (χ0n) is 16.4. The second-order valence-corrected chi connectivity index (χ2v) is 9.18. The van der Waals surface area contributed by atoms with E-state index in [4.69, 9.17) is 5.26 Å². The Morgan fingerprint density at radius 3 is 2.26 bits per heavy atom. The first-order chi connectivity index (χ1) is 14.8. The van der Waals surface area contributed by atoms with Gasteiger partial charge in [-0.2, -0.15) is 5.26 Å². The number of nitrogens with zero attached hydrogens (tertiary/aromatic N) is 1. The van der Waals surface area contributed by atoms with Gasteiger partial charge in [0.15, 0.2) is 0 Å². The van der Waals surface area contributed by atoms with Crippen LogP contribution in [0.15, 0.2) is 58.3 Å². The van der Waals surface area contributed by atoms with Gasteiger partial charge in [-0.1, -0.05) is 0 Å². The lowest BCUT2D eigenvalue weighted by atomic mass is 10.2. The molecule has 0 saturated heterocycles. The van der Waals surface area contributed by atoms with Gasteiger partial charge in [0.2, 0.25) is 21.8 Å². The lowest BCUT2D eigenvalue weighted by Gasteiger charge is -2.09. The van der Waals surface area contributed by atoms with Crippen molar-refractivity contribution in [2.75, 3.05) is 25.4 Å². The molecular weight excluding hydrogens is 443 g/mol. The summed E-state index contributed by atoms with van der Waals surface area (Å²) in [5.74, 6) is -0.606. The topological polar surface area (TPSA) is 128 Å². The quantitative estimate of drug-likeness (QED) is 0.341. The Hall–Kier alpha value is -2.94. The van der Waals surface area contributed by atoms with Crippen LogP contribution in [0.2, 0.25) is 0 Å². The monoisotopic (exact) mass is 464 g/mol. The average molecular weight is 465 g/mol. The maximum atomic E-state index is 12.8.